The van der Waals surface area contributed by atoms with Crippen LogP contribution >= 0.6 is 0 Å². The van der Waals surface area contributed by atoms with E-state index in [4.69, 9.17) is 0 Å². The first-order valence-corrected chi connectivity index (χ1v) is 8.03. The Morgan fingerprint density at radius 2 is 1.84 bits per heavy atom. The molecule has 5 nitrogen and oxygen atoms in total. The molecule has 0 aliphatic carbocycles. The molecule has 0 fully saturated rings. The van der Waals surface area contributed by atoms with Crippen molar-refractivity contribution in [3.8, 4) is 0 Å². The Bertz CT molecular complexity index is 486. The van der Waals surface area contributed by atoms with Gasteiger partial charge in [-0.2, -0.15) is 0 Å². The van der Waals surface area contributed by atoms with Gasteiger partial charge in [0, 0.05) is 14.1 Å². The third-order valence-electron chi connectivity index (χ3n) is 2.74. The SMILES string of the molecule is CNCCCCS(=O)(=O)Nc1ccccc1N(C)C. The highest BCUT2D eigenvalue weighted by Crippen LogP contribution is 2.24. The molecule has 0 aromatic heterocycles. The van der Waals surface area contributed by atoms with E-state index in [9.17, 15) is 8.42 Å². The Balaban J connectivity index is 2.68. The molecule has 19 heavy (non-hydrogen) atoms. The van der Waals surface area contributed by atoms with Gasteiger partial charge in [-0.15, -0.1) is 0 Å². The molecule has 108 valence electrons. The fourth-order valence-corrected chi connectivity index (χ4v) is 2.96. The van der Waals surface area contributed by atoms with Crippen LogP contribution in [0.25, 0.3) is 0 Å². The summed E-state index contributed by atoms with van der Waals surface area (Å²) in [6.07, 6.45) is 1.51. The molecular formula is C13H23N3O2S. The largest absolute Gasteiger partial charge is 0.376 e. The molecule has 0 heterocycles. The van der Waals surface area contributed by atoms with Gasteiger partial charge in [-0.1, -0.05) is 12.1 Å². The Hall–Kier alpha value is -1.27. The van der Waals surface area contributed by atoms with Crippen LogP contribution in [0, 0.1) is 0 Å². The topological polar surface area (TPSA) is 61.4 Å². The lowest BCUT2D eigenvalue weighted by Gasteiger charge is -2.18. The average molecular weight is 285 g/mol. The van der Waals surface area contributed by atoms with Gasteiger partial charge in [-0.25, -0.2) is 8.42 Å². The minimum Gasteiger partial charge on any atom is -0.376 e. The summed E-state index contributed by atoms with van der Waals surface area (Å²) in [5.74, 6) is 0.149. The van der Waals surface area contributed by atoms with E-state index in [1.54, 1.807) is 6.07 Å². The molecule has 0 atom stereocenters. The van der Waals surface area contributed by atoms with Gasteiger partial charge < -0.3 is 10.2 Å². The van der Waals surface area contributed by atoms with E-state index in [-0.39, 0.29) is 5.75 Å². The summed E-state index contributed by atoms with van der Waals surface area (Å²) in [7, 11) is 2.36. The first kappa shape index (κ1) is 15.8. The minimum atomic E-state index is -3.28. The zero-order valence-corrected chi connectivity index (χ0v) is 12.6. The van der Waals surface area contributed by atoms with Crippen LogP contribution in [-0.2, 0) is 10.0 Å². The monoisotopic (exact) mass is 285 g/mol. The Labute approximate surface area is 116 Å². The molecular weight excluding hydrogens is 262 g/mol. The van der Waals surface area contributed by atoms with Gasteiger partial charge in [0.25, 0.3) is 0 Å². The zero-order chi connectivity index (χ0) is 14.3. The highest BCUT2D eigenvalue weighted by Gasteiger charge is 2.13. The van der Waals surface area contributed by atoms with Crippen molar-refractivity contribution in [2.45, 2.75) is 12.8 Å². The summed E-state index contributed by atoms with van der Waals surface area (Å²) in [5.41, 5.74) is 1.49. The van der Waals surface area contributed by atoms with Crippen molar-refractivity contribution in [3.63, 3.8) is 0 Å². The fourth-order valence-electron chi connectivity index (χ4n) is 1.76. The number of unbranched alkanes of at least 4 members (excludes halogenated alkanes) is 1. The van der Waals surface area contributed by atoms with Crippen molar-refractivity contribution in [2.24, 2.45) is 0 Å². The van der Waals surface area contributed by atoms with Crippen LogP contribution in [0.5, 0.6) is 0 Å². The molecule has 0 bridgehead atoms. The zero-order valence-electron chi connectivity index (χ0n) is 11.8. The van der Waals surface area contributed by atoms with Gasteiger partial charge in [0.05, 0.1) is 17.1 Å². The standard InChI is InChI=1S/C13H23N3O2S/c1-14-10-6-7-11-19(17,18)15-12-8-4-5-9-13(12)16(2)3/h4-5,8-9,14-15H,6-7,10-11H2,1-3H3. The maximum absolute atomic E-state index is 12.0. The van der Waals surface area contributed by atoms with Crippen molar-refractivity contribution in [1.82, 2.24) is 5.32 Å². The van der Waals surface area contributed by atoms with E-state index in [0.717, 1.165) is 18.7 Å². The molecule has 2 N–H and O–H groups in total. The highest BCUT2D eigenvalue weighted by molar-refractivity contribution is 7.92. The van der Waals surface area contributed by atoms with E-state index in [0.29, 0.717) is 12.1 Å². The number of nitrogens with one attached hydrogen (secondary N) is 2. The molecule has 0 radical (unpaired) electrons. The van der Waals surface area contributed by atoms with E-state index in [1.165, 1.54) is 0 Å². The van der Waals surface area contributed by atoms with Gasteiger partial charge in [-0.3, -0.25) is 4.72 Å². The van der Waals surface area contributed by atoms with Crippen LogP contribution in [0.3, 0.4) is 0 Å². The van der Waals surface area contributed by atoms with Crippen molar-refractivity contribution < 1.29 is 8.42 Å². The molecule has 0 saturated carbocycles. The Morgan fingerprint density at radius 3 is 2.47 bits per heavy atom. The van der Waals surface area contributed by atoms with E-state index < -0.39 is 10.0 Å². The van der Waals surface area contributed by atoms with Gasteiger partial charge in [0.2, 0.25) is 10.0 Å². The molecule has 1 aromatic rings. The first-order chi connectivity index (χ1) is 8.96. The smallest absolute Gasteiger partial charge is 0.232 e. The van der Waals surface area contributed by atoms with Crippen molar-refractivity contribution >= 4 is 21.4 Å². The number of nitrogens with zero attached hydrogens (tertiary/aromatic N) is 1. The number of sulfonamides is 1. The number of rotatable bonds is 8. The van der Waals surface area contributed by atoms with E-state index >= 15 is 0 Å². The van der Waals surface area contributed by atoms with Crippen LogP contribution in [-0.4, -0.2) is 41.9 Å². The second kappa shape index (κ2) is 7.35. The molecule has 0 amide bonds. The number of para-hydroxylation sites is 2. The summed E-state index contributed by atoms with van der Waals surface area (Å²) in [6.45, 7) is 0.837. The molecule has 0 aliphatic heterocycles. The maximum Gasteiger partial charge on any atom is 0.232 e. The summed E-state index contributed by atoms with van der Waals surface area (Å²) < 4.78 is 26.6. The number of hydrogen-bond acceptors (Lipinski definition) is 4. The summed E-state index contributed by atoms with van der Waals surface area (Å²) in [4.78, 5) is 1.89. The van der Waals surface area contributed by atoms with Crippen molar-refractivity contribution in [3.05, 3.63) is 24.3 Å². The molecule has 1 rings (SSSR count). The minimum absolute atomic E-state index is 0.149. The third-order valence-corrected chi connectivity index (χ3v) is 4.10. The second-order valence-electron chi connectivity index (χ2n) is 4.64. The van der Waals surface area contributed by atoms with Crippen LogP contribution in [0.1, 0.15) is 12.8 Å². The fraction of sp³-hybridized carbons (Fsp3) is 0.538. The van der Waals surface area contributed by atoms with Crippen molar-refractivity contribution in [2.75, 3.05) is 43.1 Å². The predicted octanol–water partition coefficient (Wildman–Crippen LogP) is 1.49. The van der Waals surface area contributed by atoms with Gasteiger partial charge in [0.15, 0.2) is 0 Å². The van der Waals surface area contributed by atoms with Crippen LogP contribution in [0.2, 0.25) is 0 Å². The average Bonchev–Trinajstić information content (AvgIpc) is 2.34. The van der Waals surface area contributed by atoms with Crippen LogP contribution in [0.4, 0.5) is 11.4 Å². The molecule has 0 saturated heterocycles. The van der Waals surface area contributed by atoms with E-state index in [1.807, 2.05) is 44.2 Å². The quantitative estimate of drug-likeness (QED) is 0.711. The first-order valence-electron chi connectivity index (χ1n) is 6.38. The Kier molecular flexibility index (Phi) is 6.11. The van der Waals surface area contributed by atoms with Crippen LogP contribution in [0.15, 0.2) is 24.3 Å². The molecule has 0 spiro atoms. The molecule has 6 heteroatoms. The summed E-state index contributed by atoms with van der Waals surface area (Å²) >= 11 is 0. The maximum atomic E-state index is 12.0. The second-order valence-corrected chi connectivity index (χ2v) is 6.49. The number of anilines is 2. The lowest BCUT2D eigenvalue weighted by molar-refractivity contribution is 0.595. The predicted molar refractivity (Wildman–Crippen MR) is 81.3 cm³/mol. The van der Waals surface area contributed by atoms with Crippen molar-refractivity contribution in [1.29, 1.82) is 0 Å². The molecule has 0 unspecified atom stereocenters. The Morgan fingerprint density at radius 1 is 1.16 bits per heavy atom. The normalized spacial score (nSPS) is 11.3. The molecule has 1 aromatic carbocycles. The lowest BCUT2D eigenvalue weighted by Crippen LogP contribution is -2.20. The third kappa shape index (κ3) is 5.48. The highest BCUT2D eigenvalue weighted by atomic mass is 32.2. The number of benzene rings is 1. The van der Waals surface area contributed by atoms with Crippen LogP contribution < -0.4 is 14.9 Å². The van der Waals surface area contributed by atoms with Gasteiger partial charge in [0.1, 0.15) is 0 Å². The van der Waals surface area contributed by atoms with Gasteiger partial charge >= 0.3 is 0 Å². The summed E-state index contributed by atoms with van der Waals surface area (Å²) in [6, 6.07) is 7.38. The van der Waals surface area contributed by atoms with E-state index in [2.05, 4.69) is 10.0 Å². The molecule has 0 aliphatic rings. The van der Waals surface area contributed by atoms with Gasteiger partial charge in [-0.05, 0) is 38.6 Å². The summed E-state index contributed by atoms with van der Waals surface area (Å²) in [5, 5.41) is 3.01. The number of hydrogen-bond donors (Lipinski definition) is 2. The lowest BCUT2D eigenvalue weighted by atomic mass is 10.2.